The Labute approximate surface area is 196 Å². The summed E-state index contributed by atoms with van der Waals surface area (Å²) < 4.78 is 0.974. The van der Waals surface area contributed by atoms with Gasteiger partial charge < -0.3 is 16.4 Å². The number of benzene rings is 2. The fraction of sp³-hybridized carbons (Fsp3) is 0.115. The van der Waals surface area contributed by atoms with Crippen LogP contribution in [-0.4, -0.2) is 11.0 Å². The molecule has 6 nitrogen and oxygen atoms in total. The van der Waals surface area contributed by atoms with Crippen LogP contribution in [0.25, 0.3) is 21.2 Å². The highest BCUT2D eigenvalue weighted by Crippen LogP contribution is 2.38. The van der Waals surface area contributed by atoms with E-state index in [0.717, 1.165) is 38.0 Å². The molecule has 7 heteroatoms. The van der Waals surface area contributed by atoms with E-state index in [4.69, 9.17) is 11.0 Å². The highest BCUT2D eigenvalue weighted by molar-refractivity contribution is 7.18. The molecule has 2 aromatic heterocycles. The summed E-state index contributed by atoms with van der Waals surface area (Å²) in [5, 5.41) is 17.3. The summed E-state index contributed by atoms with van der Waals surface area (Å²) in [6.07, 6.45) is 2.60. The number of amides is 2. The lowest BCUT2D eigenvalue weighted by Crippen LogP contribution is -2.19. The summed E-state index contributed by atoms with van der Waals surface area (Å²) >= 11 is 1.56. The molecule has 4 aromatic rings. The maximum atomic E-state index is 12.3. The molecule has 0 saturated carbocycles. The first kappa shape index (κ1) is 21.9. The molecule has 0 radical (unpaired) electrons. The Morgan fingerprint density at radius 2 is 1.91 bits per heavy atom. The van der Waals surface area contributed by atoms with Crippen LogP contribution >= 0.6 is 11.3 Å². The number of hydrogen-bond donors (Lipinski definition) is 3. The second-order valence-electron chi connectivity index (χ2n) is 7.40. The van der Waals surface area contributed by atoms with E-state index in [1.807, 2.05) is 60.8 Å². The number of nitrogens with two attached hydrogens (primary N) is 1. The Hall–Kier alpha value is -4.33. The molecule has 4 N–H and O–H groups in total. The van der Waals surface area contributed by atoms with Crippen molar-refractivity contribution in [3.63, 3.8) is 0 Å². The second kappa shape index (κ2) is 9.86. The van der Waals surface area contributed by atoms with Crippen molar-refractivity contribution in [1.82, 2.24) is 4.98 Å². The summed E-state index contributed by atoms with van der Waals surface area (Å²) in [4.78, 5) is 16.6. The highest BCUT2D eigenvalue weighted by atomic mass is 32.1. The largest absolute Gasteiger partial charge is 0.383 e. The van der Waals surface area contributed by atoms with Crippen molar-refractivity contribution < 1.29 is 4.79 Å². The number of nitriles is 1. The van der Waals surface area contributed by atoms with E-state index < -0.39 is 0 Å². The van der Waals surface area contributed by atoms with E-state index in [-0.39, 0.29) is 6.03 Å². The molecular weight excluding hydrogens is 430 g/mol. The van der Waals surface area contributed by atoms with Gasteiger partial charge in [0.15, 0.2) is 0 Å². The molecule has 0 unspecified atom stereocenters. The van der Waals surface area contributed by atoms with Gasteiger partial charge in [0.1, 0.15) is 5.82 Å². The molecule has 0 aliphatic carbocycles. The predicted octanol–water partition coefficient (Wildman–Crippen LogP) is 6.15. The van der Waals surface area contributed by atoms with Gasteiger partial charge in [0, 0.05) is 41.4 Å². The molecule has 0 spiro atoms. The van der Waals surface area contributed by atoms with Gasteiger partial charge in [0.2, 0.25) is 0 Å². The molecule has 0 fully saturated rings. The number of aromatic nitrogens is 1. The number of nitrogens with zero attached hydrogens (tertiary/aromatic N) is 2. The zero-order valence-corrected chi connectivity index (χ0v) is 18.8. The lowest BCUT2D eigenvalue weighted by molar-refractivity contribution is 0.262. The number of urea groups is 1. The molecule has 0 atom stereocenters. The Bertz CT molecular complexity index is 1420. The summed E-state index contributed by atoms with van der Waals surface area (Å²) in [7, 11) is 0. The Morgan fingerprint density at radius 1 is 1.12 bits per heavy atom. The normalized spacial score (nSPS) is 10.2. The molecule has 2 amide bonds. The molecule has 0 aliphatic rings. The Morgan fingerprint density at radius 3 is 2.67 bits per heavy atom. The molecule has 0 saturated heterocycles. The SMILES string of the molecule is Cc1cccc(NC(=O)Nc2ccc(-c3csc4c(C#CCCC#N)cnc(N)c34)cc2)c1. The van der Waals surface area contributed by atoms with Crippen molar-refractivity contribution >= 4 is 44.6 Å². The first-order valence-electron chi connectivity index (χ1n) is 10.3. The zero-order valence-electron chi connectivity index (χ0n) is 18.0. The molecule has 2 aromatic carbocycles. The fourth-order valence-corrected chi connectivity index (χ4v) is 4.45. The molecule has 0 bridgehead atoms. The number of carbonyl (C=O) groups excluding carboxylic acids is 1. The third-order valence-electron chi connectivity index (χ3n) is 4.94. The van der Waals surface area contributed by atoms with Gasteiger partial charge in [-0.2, -0.15) is 5.26 Å². The minimum atomic E-state index is -0.303. The second-order valence-corrected chi connectivity index (χ2v) is 8.28. The summed E-state index contributed by atoms with van der Waals surface area (Å²) in [6, 6.07) is 17.0. The fourth-order valence-electron chi connectivity index (χ4n) is 3.39. The van der Waals surface area contributed by atoms with Crippen molar-refractivity contribution in [2.24, 2.45) is 0 Å². The number of thiophene rings is 1. The number of nitrogen functional groups attached to an aromatic ring is 1. The van der Waals surface area contributed by atoms with Crippen molar-refractivity contribution in [3.8, 4) is 29.0 Å². The van der Waals surface area contributed by atoms with Crippen LogP contribution in [0.3, 0.4) is 0 Å². The van der Waals surface area contributed by atoms with E-state index in [0.29, 0.717) is 24.3 Å². The van der Waals surface area contributed by atoms with Gasteiger partial charge in [-0.3, -0.25) is 0 Å². The molecular formula is C26H21N5OS. The van der Waals surface area contributed by atoms with E-state index in [1.165, 1.54) is 0 Å². The third kappa shape index (κ3) is 5.12. The van der Waals surface area contributed by atoms with Gasteiger partial charge in [0.25, 0.3) is 0 Å². The lowest BCUT2D eigenvalue weighted by atomic mass is 10.0. The smallest absolute Gasteiger partial charge is 0.323 e. The van der Waals surface area contributed by atoms with Gasteiger partial charge in [-0.15, -0.1) is 11.3 Å². The quantitative estimate of drug-likeness (QED) is 0.255. The van der Waals surface area contributed by atoms with Gasteiger partial charge in [-0.1, -0.05) is 36.1 Å². The number of carbonyl (C=O) groups is 1. The van der Waals surface area contributed by atoms with E-state index in [2.05, 4.69) is 33.5 Å². The number of fused-ring (bicyclic) bond motifs is 1. The summed E-state index contributed by atoms with van der Waals surface area (Å²) in [6.45, 7) is 1.97. The van der Waals surface area contributed by atoms with Crippen molar-refractivity contribution in [2.75, 3.05) is 16.4 Å². The van der Waals surface area contributed by atoms with Crippen LogP contribution in [0.5, 0.6) is 0 Å². The van der Waals surface area contributed by atoms with Crippen LogP contribution in [0.15, 0.2) is 60.1 Å². The number of anilines is 3. The number of pyridine rings is 1. The van der Waals surface area contributed by atoms with Crippen LogP contribution in [0, 0.1) is 30.1 Å². The topological polar surface area (TPSA) is 104 Å². The van der Waals surface area contributed by atoms with Crippen LogP contribution in [-0.2, 0) is 0 Å². The number of hydrogen-bond acceptors (Lipinski definition) is 5. The van der Waals surface area contributed by atoms with E-state index >= 15 is 0 Å². The average Bonchev–Trinajstić information content (AvgIpc) is 3.25. The number of nitrogens with one attached hydrogen (secondary N) is 2. The van der Waals surface area contributed by atoms with Gasteiger partial charge in [-0.05, 0) is 47.7 Å². The highest BCUT2D eigenvalue weighted by Gasteiger charge is 2.13. The van der Waals surface area contributed by atoms with E-state index in [1.54, 1.807) is 17.5 Å². The molecule has 4 rings (SSSR count). The maximum absolute atomic E-state index is 12.3. The summed E-state index contributed by atoms with van der Waals surface area (Å²) in [5.74, 6) is 6.57. The Kier molecular flexibility index (Phi) is 6.54. The minimum absolute atomic E-state index is 0.303. The zero-order chi connectivity index (χ0) is 23.2. The van der Waals surface area contributed by atoms with Gasteiger partial charge in [0.05, 0.1) is 16.3 Å². The van der Waals surface area contributed by atoms with Gasteiger partial charge >= 0.3 is 6.03 Å². The Balaban J connectivity index is 1.54. The third-order valence-corrected chi connectivity index (χ3v) is 5.95. The summed E-state index contributed by atoms with van der Waals surface area (Å²) in [5.41, 5.74) is 11.4. The maximum Gasteiger partial charge on any atom is 0.323 e. The first-order chi connectivity index (χ1) is 16.0. The number of unbranched alkanes of at least 4 members (excludes halogenated alkanes) is 1. The van der Waals surface area contributed by atoms with Crippen molar-refractivity contribution in [2.45, 2.75) is 19.8 Å². The monoisotopic (exact) mass is 451 g/mol. The molecule has 0 aliphatic heterocycles. The van der Waals surface area contributed by atoms with Crippen LogP contribution < -0.4 is 16.4 Å². The van der Waals surface area contributed by atoms with Crippen LogP contribution in [0.2, 0.25) is 0 Å². The number of aryl methyl sites for hydroxylation is 1. The van der Waals surface area contributed by atoms with Crippen molar-refractivity contribution in [3.05, 3.63) is 71.2 Å². The van der Waals surface area contributed by atoms with Gasteiger partial charge in [-0.25, -0.2) is 9.78 Å². The molecule has 2 heterocycles. The van der Waals surface area contributed by atoms with Crippen molar-refractivity contribution in [1.29, 1.82) is 5.26 Å². The molecule has 162 valence electrons. The standard InChI is InChI=1S/C26H21N5OS/c1-17-6-5-8-21(14-17)31-26(32)30-20-11-9-18(10-12-20)22-16-33-24-19(7-3-2-4-13-27)15-29-25(28)23(22)24/h5-6,8-12,14-16H,2,4H2,1H3,(H2,28,29)(H2,30,31,32). The van der Waals surface area contributed by atoms with Crippen LogP contribution in [0.4, 0.5) is 22.0 Å². The lowest BCUT2D eigenvalue weighted by Gasteiger charge is -2.09. The first-order valence-corrected chi connectivity index (χ1v) is 11.2. The number of rotatable bonds is 4. The molecule has 33 heavy (non-hydrogen) atoms. The van der Waals surface area contributed by atoms with E-state index in [9.17, 15) is 4.79 Å². The minimum Gasteiger partial charge on any atom is -0.383 e. The predicted molar refractivity (Wildman–Crippen MR) is 135 cm³/mol. The average molecular weight is 452 g/mol. The van der Waals surface area contributed by atoms with Crippen LogP contribution in [0.1, 0.15) is 24.0 Å².